The summed E-state index contributed by atoms with van der Waals surface area (Å²) in [6, 6.07) is 0. The number of nitrogens with zero attached hydrogens (tertiary/aromatic N) is 1. The highest BCUT2D eigenvalue weighted by Crippen LogP contribution is 2.33. The van der Waals surface area contributed by atoms with Crippen molar-refractivity contribution in [3.8, 4) is 0 Å². The molecule has 0 atom stereocenters. The zero-order valence-corrected chi connectivity index (χ0v) is 13.2. The maximum absolute atomic E-state index is 12.3. The summed E-state index contributed by atoms with van der Waals surface area (Å²) in [5, 5.41) is 5.21. The molecule has 0 saturated heterocycles. The topological polar surface area (TPSA) is 94.3 Å². The maximum atomic E-state index is 12.3. The van der Waals surface area contributed by atoms with Crippen molar-refractivity contribution < 1.29 is 14.3 Å². The van der Waals surface area contributed by atoms with Gasteiger partial charge in [-0.3, -0.25) is 4.79 Å². The molecule has 0 aliphatic heterocycles. The third kappa shape index (κ3) is 3.41. The molecule has 0 unspecified atom stereocenters. The highest BCUT2D eigenvalue weighted by atomic mass is 32.1. The van der Waals surface area contributed by atoms with Crippen LogP contribution in [0.3, 0.4) is 0 Å². The second-order valence-corrected chi connectivity index (χ2v) is 6.48. The standard InChI is InChI=1S/C14H21N3O3S/c1-9-3-5-14(6-4-9,13(19)20-2)17-12(18)10-8-21-11(7-15)16-10/h8-9H,3-7,15H2,1-2H3,(H,17,18). The summed E-state index contributed by atoms with van der Waals surface area (Å²) in [7, 11) is 1.35. The minimum atomic E-state index is -0.926. The zero-order valence-electron chi connectivity index (χ0n) is 12.3. The molecule has 1 aliphatic rings. The van der Waals surface area contributed by atoms with Crippen LogP contribution in [0.15, 0.2) is 5.38 Å². The van der Waals surface area contributed by atoms with Crippen LogP contribution in [0.5, 0.6) is 0 Å². The molecule has 1 aliphatic carbocycles. The maximum Gasteiger partial charge on any atom is 0.331 e. The minimum absolute atomic E-state index is 0.303. The van der Waals surface area contributed by atoms with Crippen LogP contribution in [-0.2, 0) is 16.1 Å². The molecule has 21 heavy (non-hydrogen) atoms. The normalized spacial score (nSPS) is 25.4. The van der Waals surface area contributed by atoms with Crippen LogP contribution in [0.1, 0.15) is 48.1 Å². The number of nitrogens with two attached hydrogens (primary N) is 1. The summed E-state index contributed by atoms with van der Waals surface area (Å²) in [6.07, 6.45) is 2.97. The smallest absolute Gasteiger partial charge is 0.331 e. The number of thiazole rings is 1. The first-order chi connectivity index (χ1) is 10.0. The SMILES string of the molecule is COC(=O)C1(NC(=O)c2csc(CN)n2)CCC(C)CC1. The van der Waals surface area contributed by atoms with E-state index in [9.17, 15) is 9.59 Å². The Morgan fingerprint density at radius 1 is 1.52 bits per heavy atom. The van der Waals surface area contributed by atoms with Crippen molar-refractivity contribution in [3.05, 3.63) is 16.1 Å². The van der Waals surface area contributed by atoms with Crippen molar-refractivity contribution in [1.29, 1.82) is 0 Å². The Morgan fingerprint density at radius 2 is 2.19 bits per heavy atom. The lowest BCUT2D eigenvalue weighted by molar-refractivity contribution is -0.150. The fourth-order valence-electron chi connectivity index (χ4n) is 2.62. The summed E-state index contributed by atoms with van der Waals surface area (Å²) in [5.74, 6) is -0.161. The monoisotopic (exact) mass is 311 g/mol. The third-order valence-corrected chi connectivity index (χ3v) is 4.89. The van der Waals surface area contributed by atoms with Crippen LogP contribution in [0.2, 0.25) is 0 Å². The molecule has 1 amide bonds. The van der Waals surface area contributed by atoms with Crippen molar-refractivity contribution >= 4 is 23.2 Å². The molecule has 0 radical (unpaired) electrons. The summed E-state index contributed by atoms with van der Waals surface area (Å²) in [4.78, 5) is 28.6. The van der Waals surface area contributed by atoms with E-state index < -0.39 is 5.54 Å². The lowest BCUT2D eigenvalue weighted by atomic mass is 9.77. The first-order valence-electron chi connectivity index (χ1n) is 7.06. The van der Waals surface area contributed by atoms with Crippen molar-refractivity contribution in [3.63, 3.8) is 0 Å². The van der Waals surface area contributed by atoms with Crippen LogP contribution in [0, 0.1) is 5.92 Å². The van der Waals surface area contributed by atoms with Crippen LogP contribution in [0.25, 0.3) is 0 Å². The molecule has 1 fully saturated rings. The second kappa shape index (κ2) is 6.53. The molecule has 7 heteroatoms. The van der Waals surface area contributed by atoms with Gasteiger partial charge in [0.25, 0.3) is 5.91 Å². The van der Waals surface area contributed by atoms with Crippen LogP contribution in [0.4, 0.5) is 0 Å². The van der Waals surface area contributed by atoms with Gasteiger partial charge in [0, 0.05) is 11.9 Å². The highest BCUT2D eigenvalue weighted by Gasteiger charge is 2.43. The first kappa shape index (κ1) is 15.9. The third-order valence-electron chi connectivity index (χ3n) is 4.02. The Labute approximate surface area is 128 Å². The predicted molar refractivity (Wildman–Crippen MR) is 79.9 cm³/mol. The second-order valence-electron chi connectivity index (χ2n) is 5.54. The van der Waals surface area contributed by atoms with Gasteiger partial charge < -0.3 is 15.8 Å². The molecule has 1 heterocycles. The Hall–Kier alpha value is -1.47. The van der Waals surface area contributed by atoms with Crippen molar-refractivity contribution in [2.24, 2.45) is 11.7 Å². The molecule has 0 spiro atoms. The number of hydrogen-bond acceptors (Lipinski definition) is 6. The van der Waals surface area contributed by atoms with Crippen LogP contribution < -0.4 is 11.1 Å². The number of aromatic nitrogens is 1. The summed E-state index contributed by atoms with van der Waals surface area (Å²) in [5.41, 5.74) is 4.88. The highest BCUT2D eigenvalue weighted by molar-refractivity contribution is 7.09. The van der Waals surface area contributed by atoms with Gasteiger partial charge in [-0.2, -0.15) is 0 Å². The minimum Gasteiger partial charge on any atom is -0.467 e. The summed E-state index contributed by atoms with van der Waals surface area (Å²) in [6.45, 7) is 2.45. The van der Waals surface area contributed by atoms with Gasteiger partial charge in [-0.05, 0) is 31.6 Å². The van der Waals surface area contributed by atoms with Crippen LogP contribution >= 0.6 is 11.3 Å². The average molecular weight is 311 g/mol. The van der Waals surface area contributed by atoms with Gasteiger partial charge >= 0.3 is 5.97 Å². The molecule has 2 rings (SSSR count). The molecule has 0 aromatic carbocycles. The Bertz CT molecular complexity index is 521. The number of ether oxygens (including phenoxy) is 1. The number of hydrogen-bond donors (Lipinski definition) is 2. The van der Waals surface area contributed by atoms with Gasteiger partial charge in [0.2, 0.25) is 0 Å². The Balaban J connectivity index is 2.15. The zero-order chi connectivity index (χ0) is 15.5. The van der Waals surface area contributed by atoms with Gasteiger partial charge in [-0.1, -0.05) is 6.92 Å². The molecular weight excluding hydrogens is 290 g/mol. The van der Waals surface area contributed by atoms with E-state index in [1.165, 1.54) is 18.4 Å². The Morgan fingerprint density at radius 3 is 2.71 bits per heavy atom. The lowest BCUT2D eigenvalue weighted by Gasteiger charge is -2.37. The van der Waals surface area contributed by atoms with Gasteiger partial charge in [-0.25, -0.2) is 9.78 Å². The van der Waals surface area contributed by atoms with E-state index in [0.717, 1.165) is 12.8 Å². The Kier molecular flexibility index (Phi) is 4.95. The number of methoxy groups -OCH3 is 1. The number of amides is 1. The van der Waals surface area contributed by atoms with Gasteiger partial charge in [-0.15, -0.1) is 11.3 Å². The average Bonchev–Trinajstić information content (AvgIpc) is 2.98. The quantitative estimate of drug-likeness (QED) is 0.821. The fourth-order valence-corrected chi connectivity index (χ4v) is 3.28. The molecule has 116 valence electrons. The number of rotatable bonds is 4. The largest absolute Gasteiger partial charge is 0.467 e. The molecular formula is C14H21N3O3S. The molecule has 1 aromatic rings. The number of carbonyl (C=O) groups excluding carboxylic acids is 2. The number of carbonyl (C=O) groups is 2. The summed E-state index contributed by atoms with van der Waals surface area (Å²) < 4.78 is 4.90. The molecule has 6 nitrogen and oxygen atoms in total. The van der Waals surface area contributed by atoms with Crippen molar-refractivity contribution in [2.45, 2.75) is 44.7 Å². The van der Waals surface area contributed by atoms with E-state index in [1.54, 1.807) is 5.38 Å². The predicted octanol–water partition coefficient (Wildman–Crippen LogP) is 1.45. The van der Waals surface area contributed by atoms with Gasteiger partial charge in [0.15, 0.2) is 0 Å². The van der Waals surface area contributed by atoms with Crippen molar-refractivity contribution in [2.75, 3.05) is 7.11 Å². The van der Waals surface area contributed by atoms with Crippen LogP contribution in [-0.4, -0.2) is 29.5 Å². The van der Waals surface area contributed by atoms with Gasteiger partial charge in [0.05, 0.1) is 7.11 Å². The van der Waals surface area contributed by atoms with E-state index in [0.29, 0.717) is 36.0 Å². The van der Waals surface area contributed by atoms with E-state index in [1.807, 2.05) is 0 Å². The molecule has 1 saturated carbocycles. The fraction of sp³-hybridized carbons (Fsp3) is 0.643. The lowest BCUT2D eigenvalue weighted by Crippen LogP contribution is -2.56. The number of esters is 1. The molecule has 1 aromatic heterocycles. The number of nitrogens with one attached hydrogen (secondary N) is 1. The van der Waals surface area contributed by atoms with Gasteiger partial charge in [0.1, 0.15) is 16.2 Å². The summed E-state index contributed by atoms with van der Waals surface area (Å²) >= 11 is 1.34. The van der Waals surface area contributed by atoms with E-state index >= 15 is 0 Å². The molecule has 3 N–H and O–H groups in total. The molecule has 0 bridgehead atoms. The van der Waals surface area contributed by atoms with E-state index in [4.69, 9.17) is 10.5 Å². The van der Waals surface area contributed by atoms with E-state index in [-0.39, 0.29) is 11.9 Å². The van der Waals surface area contributed by atoms with E-state index in [2.05, 4.69) is 17.2 Å². The first-order valence-corrected chi connectivity index (χ1v) is 7.94. The van der Waals surface area contributed by atoms with Crippen molar-refractivity contribution in [1.82, 2.24) is 10.3 Å².